The Bertz CT molecular complexity index is 1250. The van der Waals surface area contributed by atoms with Gasteiger partial charge in [-0.3, -0.25) is 19.2 Å². The van der Waals surface area contributed by atoms with Gasteiger partial charge in [0, 0.05) is 32.2 Å². The third kappa shape index (κ3) is 6.58. The predicted octanol–water partition coefficient (Wildman–Crippen LogP) is 3.46. The highest BCUT2D eigenvalue weighted by molar-refractivity contribution is 5.98. The lowest BCUT2D eigenvalue weighted by atomic mass is 9.70. The van der Waals surface area contributed by atoms with Crippen molar-refractivity contribution in [1.82, 2.24) is 15.1 Å². The monoisotopic (exact) mass is 621 g/mol. The molecule has 1 aromatic rings. The lowest BCUT2D eigenvalue weighted by molar-refractivity contribution is -0.160. The SMILES string of the molecule is C=CCCC(=O)NC[C@H](OC(=O)[C@@H]1[C@H]2C(=O)N(CCCO)[C@H](C(=O)N(CC=C)C3CCCCC3)[C@]23CC[C@H]1O3)c1ccccc1. The zero-order valence-corrected chi connectivity index (χ0v) is 26.1. The van der Waals surface area contributed by atoms with Gasteiger partial charge in [-0.1, -0.05) is 61.7 Å². The Morgan fingerprint density at radius 2 is 1.89 bits per heavy atom. The molecule has 1 saturated carbocycles. The highest BCUT2D eigenvalue weighted by Gasteiger charge is 2.75. The average molecular weight is 622 g/mol. The zero-order chi connectivity index (χ0) is 32.0. The molecule has 4 fully saturated rings. The van der Waals surface area contributed by atoms with E-state index in [4.69, 9.17) is 9.47 Å². The first-order valence-electron chi connectivity index (χ1n) is 16.5. The lowest BCUT2D eigenvalue weighted by Crippen LogP contribution is -2.58. The molecular formula is C35H47N3O7. The van der Waals surface area contributed by atoms with Crippen molar-refractivity contribution in [3.63, 3.8) is 0 Å². The van der Waals surface area contributed by atoms with E-state index in [9.17, 15) is 24.3 Å². The van der Waals surface area contributed by atoms with Crippen molar-refractivity contribution in [3.05, 3.63) is 61.2 Å². The predicted molar refractivity (Wildman–Crippen MR) is 168 cm³/mol. The molecule has 3 aliphatic heterocycles. The van der Waals surface area contributed by atoms with E-state index in [-0.39, 0.29) is 49.9 Å². The normalized spacial score (nSPS) is 27.9. The molecule has 1 aromatic carbocycles. The van der Waals surface area contributed by atoms with E-state index in [1.807, 2.05) is 35.2 Å². The van der Waals surface area contributed by atoms with Crippen LogP contribution in [0, 0.1) is 11.8 Å². The van der Waals surface area contributed by atoms with Crippen LogP contribution < -0.4 is 5.32 Å². The topological polar surface area (TPSA) is 125 Å². The fourth-order valence-electron chi connectivity index (χ4n) is 7.93. The van der Waals surface area contributed by atoms with Crippen LogP contribution in [0.15, 0.2) is 55.6 Å². The molecular weight excluding hydrogens is 574 g/mol. The third-order valence-electron chi connectivity index (χ3n) is 9.98. The second-order valence-electron chi connectivity index (χ2n) is 12.7. The molecule has 3 saturated heterocycles. The van der Waals surface area contributed by atoms with Gasteiger partial charge in [-0.2, -0.15) is 0 Å². The molecule has 6 atom stereocenters. The molecule has 3 heterocycles. The smallest absolute Gasteiger partial charge is 0.313 e. The van der Waals surface area contributed by atoms with Crippen LogP contribution in [0.4, 0.5) is 0 Å². The first kappa shape index (κ1) is 32.9. The molecule has 1 aliphatic carbocycles. The number of carbonyl (C=O) groups excluding carboxylic acids is 4. The van der Waals surface area contributed by atoms with Crippen molar-refractivity contribution in [3.8, 4) is 0 Å². The summed E-state index contributed by atoms with van der Waals surface area (Å²) < 4.78 is 12.7. The summed E-state index contributed by atoms with van der Waals surface area (Å²) in [4.78, 5) is 58.6. The number of hydrogen-bond donors (Lipinski definition) is 2. The number of ether oxygens (including phenoxy) is 2. The Morgan fingerprint density at radius 1 is 1.13 bits per heavy atom. The molecule has 3 amide bonds. The summed E-state index contributed by atoms with van der Waals surface area (Å²) in [6, 6.07) is 8.36. The number of allylic oxidation sites excluding steroid dienone is 1. The maximum atomic E-state index is 14.5. The Labute approximate surface area is 265 Å². The minimum atomic E-state index is -1.15. The van der Waals surface area contributed by atoms with Crippen molar-refractivity contribution < 1.29 is 33.8 Å². The van der Waals surface area contributed by atoms with Gasteiger partial charge in [-0.25, -0.2) is 0 Å². The number of hydrogen-bond acceptors (Lipinski definition) is 7. The number of carbonyl (C=O) groups is 4. The van der Waals surface area contributed by atoms with Gasteiger partial charge >= 0.3 is 5.97 Å². The summed E-state index contributed by atoms with van der Waals surface area (Å²) in [6.07, 6.45) is 9.23. The van der Waals surface area contributed by atoms with Crippen molar-refractivity contribution in [1.29, 1.82) is 0 Å². The fourth-order valence-corrected chi connectivity index (χ4v) is 7.93. The standard InChI is InChI=1S/C35H47N3O7/c1-3-5-17-28(40)36-23-27(24-13-8-6-9-14-24)44-34(43)29-26-18-19-35(45-26)30(29)32(41)38(21-12-22-39)31(35)33(42)37(20-4-2)25-15-10-7-11-16-25/h3-4,6,8-9,13-14,25-27,29-31,39H,1-2,5,7,10-12,15-23H2,(H,36,40)/t26-,27+,29+,30+,31-,35+/m1/s1. The van der Waals surface area contributed by atoms with E-state index in [2.05, 4.69) is 18.5 Å². The maximum absolute atomic E-state index is 14.5. The van der Waals surface area contributed by atoms with Crippen LogP contribution in [-0.2, 0) is 28.7 Å². The molecule has 5 rings (SSSR count). The molecule has 1 spiro atoms. The molecule has 45 heavy (non-hydrogen) atoms. The minimum Gasteiger partial charge on any atom is -0.455 e. The molecule has 10 nitrogen and oxygen atoms in total. The second kappa shape index (κ2) is 14.7. The number of aliphatic hydroxyl groups excluding tert-OH is 1. The van der Waals surface area contributed by atoms with Gasteiger partial charge in [-0.15, -0.1) is 13.2 Å². The number of aliphatic hydroxyl groups is 1. The highest BCUT2D eigenvalue weighted by atomic mass is 16.6. The fraction of sp³-hybridized carbons (Fsp3) is 0.600. The molecule has 244 valence electrons. The molecule has 4 aliphatic rings. The van der Waals surface area contributed by atoms with Gasteiger partial charge < -0.3 is 29.7 Å². The number of likely N-dealkylation sites (tertiary alicyclic amines) is 1. The van der Waals surface area contributed by atoms with Gasteiger partial charge in [0.2, 0.25) is 17.7 Å². The van der Waals surface area contributed by atoms with E-state index >= 15 is 0 Å². The number of fused-ring (bicyclic) bond motifs is 1. The number of nitrogens with one attached hydrogen (secondary N) is 1. The van der Waals surface area contributed by atoms with Crippen molar-refractivity contribution in [2.24, 2.45) is 11.8 Å². The van der Waals surface area contributed by atoms with Crippen LogP contribution in [0.2, 0.25) is 0 Å². The molecule has 0 aromatic heterocycles. The van der Waals surface area contributed by atoms with E-state index < -0.39 is 41.7 Å². The molecule has 0 radical (unpaired) electrons. The van der Waals surface area contributed by atoms with Gasteiger partial charge in [0.15, 0.2) is 0 Å². The van der Waals surface area contributed by atoms with Crippen LogP contribution in [0.1, 0.15) is 75.9 Å². The van der Waals surface area contributed by atoms with Crippen LogP contribution in [0.25, 0.3) is 0 Å². The van der Waals surface area contributed by atoms with Crippen molar-refractivity contribution >= 4 is 23.7 Å². The largest absolute Gasteiger partial charge is 0.455 e. The van der Waals surface area contributed by atoms with Crippen LogP contribution in [-0.4, -0.2) is 88.6 Å². The highest BCUT2D eigenvalue weighted by Crippen LogP contribution is 2.59. The number of benzene rings is 1. The molecule has 0 unspecified atom stereocenters. The maximum Gasteiger partial charge on any atom is 0.313 e. The summed E-state index contributed by atoms with van der Waals surface area (Å²) in [5, 5.41) is 12.5. The summed E-state index contributed by atoms with van der Waals surface area (Å²) >= 11 is 0. The number of rotatable bonds is 15. The molecule has 2 bridgehead atoms. The van der Waals surface area contributed by atoms with Gasteiger partial charge in [-0.05, 0) is 44.1 Å². The summed E-state index contributed by atoms with van der Waals surface area (Å²) in [5.41, 5.74) is -0.427. The van der Waals surface area contributed by atoms with Crippen LogP contribution >= 0.6 is 0 Å². The second-order valence-corrected chi connectivity index (χ2v) is 12.7. The zero-order valence-electron chi connectivity index (χ0n) is 26.1. The Morgan fingerprint density at radius 3 is 2.58 bits per heavy atom. The first-order valence-corrected chi connectivity index (χ1v) is 16.5. The van der Waals surface area contributed by atoms with Crippen LogP contribution in [0.3, 0.4) is 0 Å². The average Bonchev–Trinajstić information content (AvgIpc) is 3.71. The Hall–Kier alpha value is -3.50. The lowest BCUT2D eigenvalue weighted by Gasteiger charge is -2.40. The summed E-state index contributed by atoms with van der Waals surface area (Å²) in [5.74, 6) is -2.97. The Balaban J connectivity index is 1.41. The van der Waals surface area contributed by atoms with Crippen LogP contribution in [0.5, 0.6) is 0 Å². The van der Waals surface area contributed by atoms with E-state index in [0.29, 0.717) is 32.2 Å². The Kier molecular flexibility index (Phi) is 10.8. The third-order valence-corrected chi connectivity index (χ3v) is 9.98. The molecule has 10 heteroatoms. The van der Waals surface area contributed by atoms with Gasteiger partial charge in [0.25, 0.3) is 0 Å². The number of nitrogens with zero attached hydrogens (tertiary/aromatic N) is 2. The summed E-state index contributed by atoms with van der Waals surface area (Å²) in [6.45, 7) is 8.06. The minimum absolute atomic E-state index is 0.0576. The van der Waals surface area contributed by atoms with Crippen molar-refractivity contribution in [2.45, 2.75) is 94.1 Å². The first-order chi connectivity index (χ1) is 21.9. The quantitative estimate of drug-likeness (QED) is 0.227. The van der Waals surface area contributed by atoms with Gasteiger partial charge in [0.1, 0.15) is 17.7 Å². The van der Waals surface area contributed by atoms with Crippen molar-refractivity contribution in [2.75, 3.05) is 26.2 Å². The number of esters is 1. The van der Waals surface area contributed by atoms with Gasteiger partial charge in [0.05, 0.1) is 24.5 Å². The number of amides is 3. The molecule has 2 N–H and O–H groups in total. The van der Waals surface area contributed by atoms with E-state index in [1.54, 1.807) is 17.1 Å². The van der Waals surface area contributed by atoms with E-state index in [0.717, 1.165) is 37.7 Å². The summed E-state index contributed by atoms with van der Waals surface area (Å²) in [7, 11) is 0. The van der Waals surface area contributed by atoms with E-state index in [1.165, 1.54) is 0 Å².